The second kappa shape index (κ2) is 5.27. The Labute approximate surface area is 113 Å². The number of nitrogens with zero attached hydrogens (tertiary/aromatic N) is 1. The van der Waals surface area contributed by atoms with E-state index in [2.05, 4.69) is 4.98 Å². The molecule has 2 aromatic rings. The van der Waals surface area contributed by atoms with Gasteiger partial charge < -0.3 is 5.73 Å². The third kappa shape index (κ3) is 3.52. The van der Waals surface area contributed by atoms with Crippen LogP contribution in [0.25, 0.3) is 10.9 Å². The van der Waals surface area contributed by atoms with Gasteiger partial charge in [0, 0.05) is 23.4 Å². The number of fused-ring (bicyclic) bond motifs is 1. The number of benzene rings is 1. The van der Waals surface area contributed by atoms with Crippen LogP contribution in [0.1, 0.15) is 23.7 Å². The zero-order valence-corrected chi connectivity index (χ0v) is 11.9. The minimum Gasteiger partial charge on any atom is -0.324 e. The van der Waals surface area contributed by atoms with E-state index in [-0.39, 0.29) is 11.8 Å². The van der Waals surface area contributed by atoms with Crippen molar-refractivity contribution in [1.29, 1.82) is 0 Å². The van der Waals surface area contributed by atoms with Crippen LogP contribution in [0.2, 0.25) is 0 Å². The average molecular weight is 278 g/mol. The van der Waals surface area contributed by atoms with Gasteiger partial charge in [0.25, 0.3) is 0 Å². The summed E-state index contributed by atoms with van der Waals surface area (Å²) in [6.07, 6.45) is 1.65. The Morgan fingerprint density at radius 2 is 2.00 bits per heavy atom. The van der Waals surface area contributed by atoms with Crippen LogP contribution in [0, 0.1) is 6.92 Å². The fraction of sp³-hybridized carbons (Fsp3) is 0.357. The van der Waals surface area contributed by atoms with Gasteiger partial charge in [0.1, 0.15) is 9.84 Å². The molecule has 0 bridgehead atoms. The van der Waals surface area contributed by atoms with Gasteiger partial charge in [-0.15, -0.1) is 0 Å². The molecule has 0 amide bonds. The highest BCUT2D eigenvalue weighted by molar-refractivity contribution is 7.90. The molecule has 1 aromatic heterocycles. The van der Waals surface area contributed by atoms with Gasteiger partial charge in [-0.1, -0.05) is 18.2 Å². The highest BCUT2D eigenvalue weighted by Crippen LogP contribution is 2.24. The normalized spacial score (nSPS) is 13.6. The fourth-order valence-electron chi connectivity index (χ4n) is 2.14. The molecule has 5 heteroatoms. The van der Waals surface area contributed by atoms with Gasteiger partial charge in [-0.05, 0) is 31.0 Å². The average Bonchev–Trinajstić information content (AvgIpc) is 2.34. The number of aromatic nitrogens is 1. The molecule has 0 aliphatic heterocycles. The lowest BCUT2D eigenvalue weighted by Crippen LogP contribution is -2.16. The van der Waals surface area contributed by atoms with E-state index in [1.54, 1.807) is 0 Å². The van der Waals surface area contributed by atoms with Crippen LogP contribution in [-0.2, 0) is 9.84 Å². The van der Waals surface area contributed by atoms with Crippen molar-refractivity contribution in [2.45, 2.75) is 19.4 Å². The van der Waals surface area contributed by atoms with Gasteiger partial charge in [0.2, 0.25) is 0 Å². The minimum absolute atomic E-state index is 0.101. The van der Waals surface area contributed by atoms with Crippen LogP contribution in [0.5, 0.6) is 0 Å². The van der Waals surface area contributed by atoms with E-state index in [0.717, 1.165) is 22.2 Å². The Hall–Kier alpha value is -1.46. The first kappa shape index (κ1) is 14.0. The van der Waals surface area contributed by atoms with E-state index < -0.39 is 9.84 Å². The second-order valence-electron chi connectivity index (χ2n) is 4.90. The Balaban J connectivity index is 2.38. The van der Waals surface area contributed by atoms with Crippen LogP contribution >= 0.6 is 0 Å². The molecular formula is C14H18N2O2S. The molecule has 2 N–H and O–H groups in total. The quantitative estimate of drug-likeness (QED) is 0.928. The molecule has 1 unspecified atom stereocenters. The fourth-order valence-corrected chi connectivity index (χ4v) is 2.83. The van der Waals surface area contributed by atoms with Gasteiger partial charge >= 0.3 is 0 Å². The molecule has 2 rings (SSSR count). The standard InChI is InChI=1S/C14H18N2O2S/c1-10-9-12(13(15)7-8-19(2,17)18)11-5-3-4-6-14(11)16-10/h3-6,9,13H,7-8,15H2,1-2H3. The number of hydrogen-bond acceptors (Lipinski definition) is 4. The van der Waals surface area contributed by atoms with Crippen molar-refractivity contribution in [3.63, 3.8) is 0 Å². The van der Waals surface area contributed by atoms with E-state index in [1.807, 2.05) is 37.3 Å². The van der Waals surface area contributed by atoms with Gasteiger partial charge in [-0.2, -0.15) is 0 Å². The Morgan fingerprint density at radius 1 is 1.32 bits per heavy atom. The monoisotopic (exact) mass is 278 g/mol. The summed E-state index contributed by atoms with van der Waals surface area (Å²) in [4.78, 5) is 4.45. The van der Waals surface area contributed by atoms with Crippen molar-refractivity contribution >= 4 is 20.7 Å². The number of aryl methyl sites for hydroxylation is 1. The minimum atomic E-state index is -2.99. The molecule has 102 valence electrons. The molecule has 1 heterocycles. The Morgan fingerprint density at radius 3 is 2.68 bits per heavy atom. The van der Waals surface area contributed by atoms with Crippen LogP contribution in [0.3, 0.4) is 0 Å². The van der Waals surface area contributed by atoms with Gasteiger partial charge in [-0.25, -0.2) is 8.42 Å². The van der Waals surface area contributed by atoms with Crippen LogP contribution in [0.4, 0.5) is 0 Å². The van der Waals surface area contributed by atoms with Gasteiger partial charge in [0.05, 0.1) is 11.3 Å². The maximum absolute atomic E-state index is 11.2. The molecule has 0 fully saturated rings. The number of sulfone groups is 1. The molecular weight excluding hydrogens is 260 g/mol. The van der Waals surface area contributed by atoms with Crippen LogP contribution < -0.4 is 5.73 Å². The molecule has 1 atom stereocenters. The maximum Gasteiger partial charge on any atom is 0.147 e. The first-order chi connectivity index (χ1) is 8.87. The van der Waals surface area contributed by atoms with Crippen molar-refractivity contribution in [2.75, 3.05) is 12.0 Å². The van der Waals surface area contributed by atoms with E-state index in [0.29, 0.717) is 6.42 Å². The predicted octanol–water partition coefficient (Wildman–Crippen LogP) is 1.98. The summed E-state index contributed by atoms with van der Waals surface area (Å²) in [6.45, 7) is 1.92. The lowest BCUT2D eigenvalue weighted by atomic mass is 10.00. The van der Waals surface area contributed by atoms with Gasteiger partial charge in [0.15, 0.2) is 0 Å². The highest BCUT2D eigenvalue weighted by atomic mass is 32.2. The Kier molecular flexibility index (Phi) is 3.87. The summed E-state index contributed by atoms with van der Waals surface area (Å²) in [5.74, 6) is 0.101. The SMILES string of the molecule is Cc1cc(C(N)CCS(C)(=O)=O)c2ccccc2n1. The first-order valence-electron chi connectivity index (χ1n) is 6.16. The summed E-state index contributed by atoms with van der Waals surface area (Å²) in [5, 5.41) is 0.995. The molecule has 0 aliphatic rings. The topological polar surface area (TPSA) is 73.1 Å². The maximum atomic E-state index is 11.2. The number of hydrogen-bond donors (Lipinski definition) is 1. The second-order valence-corrected chi connectivity index (χ2v) is 7.15. The smallest absolute Gasteiger partial charge is 0.147 e. The molecule has 1 aromatic carbocycles. The van der Waals surface area contributed by atoms with Crippen molar-refractivity contribution in [3.05, 3.63) is 41.6 Å². The van der Waals surface area contributed by atoms with E-state index >= 15 is 0 Å². The summed E-state index contributed by atoms with van der Waals surface area (Å²) >= 11 is 0. The van der Waals surface area contributed by atoms with Crippen molar-refractivity contribution < 1.29 is 8.42 Å². The predicted molar refractivity (Wildman–Crippen MR) is 77.7 cm³/mol. The van der Waals surface area contributed by atoms with E-state index in [9.17, 15) is 8.42 Å². The van der Waals surface area contributed by atoms with E-state index in [1.165, 1.54) is 6.26 Å². The summed E-state index contributed by atoms with van der Waals surface area (Å²) < 4.78 is 22.5. The number of rotatable bonds is 4. The van der Waals surface area contributed by atoms with Crippen LogP contribution in [0.15, 0.2) is 30.3 Å². The lowest BCUT2D eigenvalue weighted by Gasteiger charge is -2.15. The zero-order valence-electron chi connectivity index (χ0n) is 11.1. The summed E-state index contributed by atoms with van der Waals surface area (Å²) in [7, 11) is -2.99. The highest BCUT2D eigenvalue weighted by Gasteiger charge is 2.14. The van der Waals surface area contributed by atoms with E-state index in [4.69, 9.17) is 5.73 Å². The molecule has 0 saturated carbocycles. The van der Waals surface area contributed by atoms with Crippen molar-refractivity contribution in [1.82, 2.24) is 4.98 Å². The number of para-hydroxylation sites is 1. The molecule has 0 radical (unpaired) electrons. The number of pyridine rings is 1. The summed E-state index contributed by atoms with van der Waals surface area (Å²) in [6, 6.07) is 9.43. The zero-order chi connectivity index (χ0) is 14.0. The lowest BCUT2D eigenvalue weighted by molar-refractivity contribution is 0.592. The third-order valence-corrected chi connectivity index (χ3v) is 4.05. The third-order valence-electron chi connectivity index (χ3n) is 3.08. The largest absolute Gasteiger partial charge is 0.324 e. The Bertz CT molecular complexity index is 696. The molecule has 0 aliphatic carbocycles. The molecule has 4 nitrogen and oxygen atoms in total. The van der Waals surface area contributed by atoms with Crippen molar-refractivity contribution in [2.24, 2.45) is 5.73 Å². The van der Waals surface area contributed by atoms with Gasteiger partial charge in [-0.3, -0.25) is 4.98 Å². The van der Waals surface area contributed by atoms with Crippen molar-refractivity contribution in [3.8, 4) is 0 Å². The molecule has 19 heavy (non-hydrogen) atoms. The number of nitrogens with two attached hydrogens (primary N) is 1. The molecule has 0 saturated heterocycles. The summed E-state index contributed by atoms with van der Waals surface area (Å²) in [5.41, 5.74) is 8.90. The van der Waals surface area contributed by atoms with Crippen LogP contribution in [-0.4, -0.2) is 25.4 Å². The molecule has 0 spiro atoms. The first-order valence-corrected chi connectivity index (χ1v) is 8.22.